The van der Waals surface area contributed by atoms with E-state index in [9.17, 15) is 9.65 Å². The molecule has 2 aromatic rings. The molecule has 90 valence electrons. The third-order valence-electron chi connectivity index (χ3n) is 2.91. The van der Waals surface area contributed by atoms with Crippen molar-refractivity contribution in [2.24, 2.45) is 0 Å². The molecule has 0 N–H and O–H groups in total. The van der Waals surface area contributed by atoms with Crippen molar-refractivity contribution in [1.29, 1.82) is 5.26 Å². The van der Waals surface area contributed by atoms with Crippen LogP contribution in [0.5, 0.6) is 0 Å². The predicted octanol–water partition coefficient (Wildman–Crippen LogP) is 4.59. The first-order valence-corrected chi connectivity index (χ1v) is 6.58. The summed E-state index contributed by atoms with van der Waals surface area (Å²) in [5, 5.41) is 9.18. The Morgan fingerprint density at radius 3 is 2.56 bits per heavy atom. The van der Waals surface area contributed by atoms with Crippen LogP contribution in [0.4, 0.5) is 4.39 Å². The highest BCUT2D eigenvalue weighted by Gasteiger charge is 2.14. The van der Waals surface area contributed by atoms with E-state index in [4.69, 9.17) is 0 Å². The molecule has 0 amide bonds. The largest absolute Gasteiger partial charge is 0.206 e. The molecule has 0 radical (unpaired) electrons. The lowest BCUT2D eigenvalue weighted by Gasteiger charge is -2.12. The van der Waals surface area contributed by atoms with E-state index in [2.05, 4.69) is 28.7 Å². The van der Waals surface area contributed by atoms with Gasteiger partial charge in [0.1, 0.15) is 5.82 Å². The number of nitrogens with zero attached hydrogens (tertiary/aromatic N) is 1. The van der Waals surface area contributed by atoms with Gasteiger partial charge in [-0.2, -0.15) is 5.26 Å². The summed E-state index contributed by atoms with van der Waals surface area (Å²) in [5.74, 6) is -0.290. The number of halogens is 2. The van der Waals surface area contributed by atoms with Gasteiger partial charge >= 0.3 is 0 Å². The van der Waals surface area contributed by atoms with Gasteiger partial charge in [0, 0.05) is 14.7 Å². The average Bonchev–Trinajstić information content (AvgIpc) is 2.36. The summed E-state index contributed by atoms with van der Waals surface area (Å²) >= 11 is 2.20. The topological polar surface area (TPSA) is 23.8 Å². The standard InChI is InChI=1S/C15H11FIN/c1-9-3-5-13(16)12(7-9)15-10(2)14(17)6-4-11(15)8-18/h3-7H,1-2H3. The molecule has 0 saturated carbocycles. The Morgan fingerprint density at radius 1 is 1.17 bits per heavy atom. The van der Waals surface area contributed by atoms with E-state index in [1.54, 1.807) is 18.2 Å². The zero-order chi connectivity index (χ0) is 13.3. The molecule has 0 unspecified atom stereocenters. The molecule has 1 nitrogen and oxygen atoms in total. The van der Waals surface area contributed by atoms with Crippen LogP contribution < -0.4 is 0 Å². The van der Waals surface area contributed by atoms with E-state index >= 15 is 0 Å². The lowest BCUT2D eigenvalue weighted by molar-refractivity contribution is 0.630. The van der Waals surface area contributed by atoms with Crippen molar-refractivity contribution in [1.82, 2.24) is 0 Å². The van der Waals surface area contributed by atoms with Crippen molar-refractivity contribution in [2.45, 2.75) is 13.8 Å². The van der Waals surface area contributed by atoms with Crippen LogP contribution in [-0.4, -0.2) is 0 Å². The predicted molar refractivity (Wildman–Crippen MR) is 78.7 cm³/mol. The first kappa shape index (κ1) is 13.0. The van der Waals surface area contributed by atoms with Gasteiger partial charge in [-0.3, -0.25) is 0 Å². The number of aryl methyl sites for hydroxylation is 1. The van der Waals surface area contributed by atoms with Gasteiger partial charge in [-0.05, 0) is 66.3 Å². The number of hydrogen-bond donors (Lipinski definition) is 0. The van der Waals surface area contributed by atoms with Gasteiger partial charge in [-0.15, -0.1) is 0 Å². The van der Waals surface area contributed by atoms with E-state index in [0.29, 0.717) is 16.7 Å². The molecule has 0 aliphatic rings. The Hall–Kier alpha value is -1.41. The van der Waals surface area contributed by atoms with Crippen LogP contribution in [0.25, 0.3) is 11.1 Å². The van der Waals surface area contributed by atoms with Gasteiger partial charge in [-0.1, -0.05) is 11.6 Å². The van der Waals surface area contributed by atoms with Crippen LogP contribution in [0.1, 0.15) is 16.7 Å². The van der Waals surface area contributed by atoms with Gasteiger partial charge in [0.2, 0.25) is 0 Å². The number of nitriles is 1. The third kappa shape index (κ3) is 2.25. The fourth-order valence-electron chi connectivity index (χ4n) is 1.96. The summed E-state index contributed by atoms with van der Waals surface area (Å²) in [6.07, 6.45) is 0. The molecule has 2 aromatic carbocycles. The molecule has 0 aliphatic heterocycles. The van der Waals surface area contributed by atoms with E-state index in [1.807, 2.05) is 19.9 Å². The van der Waals surface area contributed by atoms with E-state index < -0.39 is 0 Å². The molecule has 0 atom stereocenters. The number of benzene rings is 2. The molecule has 3 heteroatoms. The zero-order valence-corrected chi connectivity index (χ0v) is 12.2. The molecule has 0 saturated heterocycles. The van der Waals surface area contributed by atoms with Gasteiger partial charge in [-0.25, -0.2) is 4.39 Å². The normalized spacial score (nSPS) is 10.2. The summed E-state index contributed by atoms with van der Waals surface area (Å²) in [4.78, 5) is 0. The minimum absolute atomic E-state index is 0.290. The van der Waals surface area contributed by atoms with Crippen molar-refractivity contribution in [3.05, 3.63) is 56.4 Å². The molecule has 0 heterocycles. The maximum absolute atomic E-state index is 14.0. The van der Waals surface area contributed by atoms with Crippen LogP contribution in [0.15, 0.2) is 30.3 Å². The molecule has 0 bridgehead atoms. The van der Waals surface area contributed by atoms with E-state index in [1.165, 1.54) is 6.07 Å². The van der Waals surface area contributed by atoms with Crippen LogP contribution in [-0.2, 0) is 0 Å². The Morgan fingerprint density at radius 2 is 1.89 bits per heavy atom. The first-order valence-electron chi connectivity index (χ1n) is 5.50. The fraction of sp³-hybridized carbons (Fsp3) is 0.133. The molecule has 0 spiro atoms. The van der Waals surface area contributed by atoms with E-state index in [0.717, 1.165) is 14.7 Å². The molecule has 0 aromatic heterocycles. The molecular weight excluding hydrogens is 340 g/mol. The maximum atomic E-state index is 14.0. The van der Waals surface area contributed by atoms with Crippen LogP contribution in [0.3, 0.4) is 0 Å². The number of rotatable bonds is 1. The van der Waals surface area contributed by atoms with Crippen LogP contribution in [0, 0.1) is 34.6 Å². The van der Waals surface area contributed by atoms with Crippen molar-refractivity contribution < 1.29 is 4.39 Å². The van der Waals surface area contributed by atoms with Gasteiger partial charge in [0.05, 0.1) is 11.6 Å². The third-order valence-corrected chi connectivity index (χ3v) is 4.08. The van der Waals surface area contributed by atoms with Crippen molar-refractivity contribution in [3.8, 4) is 17.2 Å². The summed E-state index contributed by atoms with van der Waals surface area (Å²) in [6.45, 7) is 3.83. The Kier molecular flexibility index (Phi) is 3.67. The lowest BCUT2D eigenvalue weighted by atomic mass is 9.94. The van der Waals surface area contributed by atoms with Gasteiger partial charge in [0.15, 0.2) is 0 Å². The molecule has 0 aliphatic carbocycles. The Balaban J connectivity index is 2.82. The summed E-state index contributed by atoms with van der Waals surface area (Å²) in [5.41, 5.74) is 3.64. The molecular formula is C15H11FIN. The van der Waals surface area contributed by atoms with Gasteiger partial charge in [0.25, 0.3) is 0 Å². The monoisotopic (exact) mass is 351 g/mol. The summed E-state index contributed by atoms with van der Waals surface area (Å²) in [6, 6.07) is 10.7. The fourth-order valence-corrected chi connectivity index (χ4v) is 2.41. The number of hydrogen-bond acceptors (Lipinski definition) is 1. The second-order valence-corrected chi connectivity index (χ2v) is 5.35. The zero-order valence-electron chi connectivity index (χ0n) is 10.1. The van der Waals surface area contributed by atoms with Crippen molar-refractivity contribution in [3.63, 3.8) is 0 Å². The Labute approximate surface area is 119 Å². The molecule has 0 fully saturated rings. The second-order valence-electron chi connectivity index (χ2n) is 4.19. The van der Waals surface area contributed by atoms with Crippen LogP contribution in [0.2, 0.25) is 0 Å². The van der Waals surface area contributed by atoms with Gasteiger partial charge < -0.3 is 0 Å². The summed E-state index contributed by atoms with van der Waals surface area (Å²) < 4.78 is 15.0. The summed E-state index contributed by atoms with van der Waals surface area (Å²) in [7, 11) is 0. The second kappa shape index (κ2) is 5.07. The first-order chi connectivity index (χ1) is 8.54. The van der Waals surface area contributed by atoms with Crippen LogP contribution >= 0.6 is 22.6 Å². The molecule has 2 rings (SSSR count). The van der Waals surface area contributed by atoms with E-state index in [-0.39, 0.29) is 5.82 Å². The SMILES string of the molecule is Cc1ccc(F)c(-c2c(C#N)ccc(I)c2C)c1. The quantitative estimate of drug-likeness (QED) is 0.690. The molecule has 18 heavy (non-hydrogen) atoms. The smallest absolute Gasteiger partial charge is 0.131 e. The van der Waals surface area contributed by atoms with Crippen molar-refractivity contribution in [2.75, 3.05) is 0 Å². The minimum atomic E-state index is -0.290. The van der Waals surface area contributed by atoms with Crippen molar-refractivity contribution >= 4 is 22.6 Å². The maximum Gasteiger partial charge on any atom is 0.131 e. The average molecular weight is 351 g/mol. The highest BCUT2D eigenvalue weighted by atomic mass is 127. The highest BCUT2D eigenvalue weighted by Crippen LogP contribution is 2.32. The Bertz CT molecular complexity index is 656. The minimum Gasteiger partial charge on any atom is -0.206 e. The lowest BCUT2D eigenvalue weighted by Crippen LogP contribution is -1.95. The highest BCUT2D eigenvalue weighted by molar-refractivity contribution is 14.1.